The van der Waals surface area contributed by atoms with Gasteiger partial charge < -0.3 is 10.2 Å². The molecule has 1 atom stereocenters. The smallest absolute Gasteiger partial charge is 0.317 e. The minimum Gasteiger partial charge on any atom is -0.333 e. The number of urea groups is 1. The van der Waals surface area contributed by atoms with E-state index in [9.17, 15) is 4.79 Å². The molecule has 1 heterocycles. The number of benzene rings is 1. The van der Waals surface area contributed by atoms with Crippen molar-refractivity contribution in [2.45, 2.75) is 19.4 Å². The van der Waals surface area contributed by atoms with Crippen molar-refractivity contribution < 1.29 is 4.79 Å². The molecule has 2 amide bonds. The second kappa shape index (κ2) is 4.34. The molecule has 0 aromatic heterocycles. The summed E-state index contributed by atoms with van der Waals surface area (Å²) in [5, 5.41) is 2.99. The number of rotatable bonds is 3. The molecule has 1 aliphatic rings. The fourth-order valence-electron chi connectivity index (χ4n) is 1.95. The molecule has 3 nitrogen and oxygen atoms in total. The normalized spacial score (nSPS) is 20.5. The van der Waals surface area contributed by atoms with E-state index in [-0.39, 0.29) is 12.1 Å². The molecule has 2 rings (SSSR count). The van der Waals surface area contributed by atoms with Crippen molar-refractivity contribution in [3.05, 3.63) is 35.9 Å². The van der Waals surface area contributed by atoms with Crippen LogP contribution in [0, 0.1) is 0 Å². The summed E-state index contributed by atoms with van der Waals surface area (Å²) in [6.45, 7) is 3.62. The average molecular weight is 204 g/mol. The second-order valence-corrected chi connectivity index (χ2v) is 3.87. The van der Waals surface area contributed by atoms with Crippen LogP contribution in [0.4, 0.5) is 4.79 Å². The predicted octanol–water partition coefficient (Wildman–Crippen LogP) is 1.64. The zero-order chi connectivity index (χ0) is 10.7. The van der Waals surface area contributed by atoms with E-state index in [1.807, 2.05) is 30.0 Å². The maximum atomic E-state index is 11.4. The molecule has 15 heavy (non-hydrogen) atoms. The Labute approximate surface area is 90.1 Å². The largest absolute Gasteiger partial charge is 0.333 e. The van der Waals surface area contributed by atoms with Crippen LogP contribution in [0.5, 0.6) is 0 Å². The molecule has 0 unspecified atom stereocenters. The number of hydrogen-bond donors (Lipinski definition) is 1. The van der Waals surface area contributed by atoms with E-state index in [2.05, 4.69) is 17.4 Å². The Morgan fingerprint density at radius 3 is 2.73 bits per heavy atom. The van der Waals surface area contributed by atoms with Crippen molar-refractivity contribution in [1.82, 2.24) is 10.2 Å². The van der Waals surface area contributed by atoms with Gasteiger partial charge >= 0.3 is 6.03 Å². The third-order valence-corrected chi connectivity index (χ3v) is 2.76. The maximum absolute atomic E-state index is 11.4. The minimum atomic E-state index is 0.0680. The predicted molar refractivity (Wildman–Crippen MR) is 59.7 cm³/mol. The van der Waals surface area contributed by atoms with Crippen LogP contribution in [0.2, 0.25) is 0 Å². The van der Waals surface area contributed by atoms with Gasteiger partial charge in [0, 0.05) is 13.1 Å². The Kier molecular flexibility index (Phi) is 2.90. The molecule has 1 aliphatic heterocycles. The van der Waals surface area contributed by atoms with Crippen molar-refractivity contribution in [2.75, 3.05) is 13.1 Å². The number of nitrogens with zero attached hydrogens (tertiary/aromatic N) is 1. The molecule has 1 fully saturated rings. The van der Waals surface area contributed by atoms with Crippen LogP contribution in [0.1, 0.15) is 12.5 Å². The van der Waals surface area contributed by atoms with Crippen molar-refractivity contribution in [1.29, 1.82) is 0 Å². The van der Waals surface area contributed by atoms with Crippen molar-refractivity contribution in [3.8, 4) is 0 Å². The van der Waals surface area contributed by atoms with Crippen LogP contribution >= 0.6 is 0 Å². The Hall–Kier alpha value is -1.51. The van der Waals surface area contributed by atoms with Gasteiger partial charge in [-0.15, -0.1) is 0 Å². The van der Waals surface area contributed by atoms with Gasteiger partial charge in [0.2, 0.25) is 0 Å². The summed E-state index contributed by atoms with van der Waals surface area (Å²) in [6, 6.07) is 10.6. The summed E-state index contributed by atoms with van der Waals surface area (Å²) in [7, 11) is 0. The van der Waals surface area contributed by atoms with Crippen molar-refractivity contribution >= 4 is 6.03 Å². The number of hydrogen-bond acceptors (Lipinski definition) is 1. The van der Waals surface area contributed by atoms with Crippen LogP contribution < -0.4 is 5.32 Å². The van der Waals surface area contributed by atoms with Gasteiger partial charge in [0.05, 0.1) is 6.04 Å². The lowest BCUT2D eigenvalue weighted by Gasteiger charge is -2.11. The summed E-state index contributed by atoms with van der Waals surface area (Å²) in [4.78, 5) is 13.3. The Bertz CT molecular complexity index is 337. The molecule has 3 heteroatoms. The van der Waals surface area contributed by atoms with E-state index in [1.54, 1.807) is 0 Å². The highest BCUT2D eigenvalue weighted by Gasteiger charge is 2.26. The summed E-state index contributed by atoms with van der Waals surface area (Å²) < 4.78 is 0. The van der Waals surface area contributed by atoms with Gasteiger partial charge in [0.25, 0.3) is 0 Å². The molecule has 1 aromatic carbocycles. The van der Waals surface area contributed by atoms with E-state index in [0.717, 1.165) is 19.5 Å². The summed E-state index contributed by atoms with van der Waals surface area (Å²) in [6.07, 6.45) is 0.920. The minimum absolute atomic E-state index is 0.0680. The third-order valence-electron chi connectivity index (χ3n) is 2.76. The van der Waals surface area contributed by atoms with Gasteiger partial charge in [-0.05, 0) is 18.9 Å². The summed E-state index contributed by atoms with van der Waals surface area (Å²) in [5.74, 6) is 0. The van der Waals surface area contributed by atoms with Crippen molar-refractivity contribution in [2.24, 2.45) is 0 Å². The third kappa shape index (κ3) is 2.29. The fourth-order valence-corrected chi connectivity index (χ4v) is 1.95. The zero-order valence-corrected chi connectivity index (χ0v) is 8.94. The van der Waals surface area contributed by atoms with Gasteiger partial charge in [0.1, 0.15) is 0 Å². The number of carbonyl (C=O) groups is 1. The van der Waals surface area contributed by atoms with Gasteiger partial charge in [-0.3, -0.25) is 0 Å². The summed E-state index contributed by atoms with van der Waals surface area (Å²) >= 11 is 0. The first-order valence-corrected chi connectivity index (χ1v) is 5.39. The van der Waals surface area contributed by atoms with Crippen LogP contribution in [-0.2, 0) is 6.42 Å². The lowest BCUT2D eigenvalue weighted by atomic mass is 10.1. The molecular weight excluding hydrogens is 188 g/mol. The molecule has 0 saturated carbocycles. The van der Waals surface area contributed by atoms with E-state index in [4.69, 9.17) is 0 Å². The van der Waals surface area contributed by atoms with E-state index in [0.29, 0.717) is 0 Å². The fraction of sp³-hybridized carbons (Fsp3) is 0.417. The van der Waals surface area contributed by atoms with Gasteiger partial charge in [-0.2, -0.15) is 0 Å². The first-order chi connectivity index (χ1) is 7.29. The molecule has 1 saturated heterocycles. The lowest BCUT2D eigenvalue weighted by molar-refractivity contribution is 0.219. The first-order valence-electron chi connectivity index (χ1n) is 5.39. The molecule has 0 bridgehead atoms. The van der Waals surface area contributed by atoms with E-state index in [1.165, 1.54) is 5.56 Å². The first kappa shape index (κ1) is 10.0. The molecule has 0 radical (unpaired) electrons. The molecule has 1 aromatic rings. The van der Waals surface area contributed by atoms with Gasteiger partial charge in [0.15, 0.2) is 0 Å². The standard InChI is InChI=1S/C12H16N2O/c1-2-14-9-11(13-12(14)15)8-10-6-4-3-5-7-10/h3-7,11H,2,8-9H2,1H3,(H,13,15)/t11-/m0/s1. The highest BCUT2D eigenvalue weighted by molar-refractivity contribution is 5.76. The Balaban J connectivity index is 1.95. The van der Waals surface area contributed by atoms with E-state index < -0.39 is 0 Å². The number of amides is 2. The van der Waals surface area contributed by atoms with Crippen LogP contribution in [-0.4, -0.2) is 30.1 Å². The van der Waals surface area contributed by atoms with Crippen LogP contribution in [0.25, 0.3) is 0 Å². The summed E-state index contributed by atoms with van der Waals surface area (Å²) in [5.41, 5.74) is 1.28. The monoisotopic (exact) mass is 204 g/mol. The van der Waals surface area contributed by atoms with Crippen molar-refractivity contribution in [3.63, 3.8) is 0 Å². The number of likely N-dealkylation sites (N-methyl/N-ethyl adjacent to an activating group) is 1. The van der Waals surface area contributed by atoms with Gasteiger partial charge in [-0.1, -0.05) is 30.3 Å². The highest BCUT2D eigenvalue weighted by Crippen LogP contribution is 2.09. The van der Waals surface area contributed by atoms with Gasteiger partial charge in [-0.25, -0.2) is 4.79 Å². The SMILES string of the molecule is CCN1C[C@H](Cc2ccccc2)NC1=O. The highest BCUT2D eigenvalue weighted by atomic mass is 16.2. The van der Waals surface area contributed by atoms with Crippen LogP contribution in [0.15, 0.2) is 30.3 Å². The molecule has 1 N–H and O–H groups in total. The molecule has 0 spiro atoms. The molecule has 0 aliphatic carbocycles. The van der Waals surface area contributed by atoms with Crippen LogP contribution in [0.3, 0.4) is 0 Å². The molecular formula is C12H16N2O. The maximum Gasteiger partial charge on any atom is 0.317 e. The topological polar surface area (TPSA) is 32.3 Å². The Morgan fingerprint density at radius 2 is 2.13 bits per heavy atom. The molecule has 80 valence electrons. The second-order valence-electron chi connectivity index (χ2n) is 3.87. The average Bonchev–Trinajstić information content (AvgIpc) is 2.60. The lowest BCUT2D eigenvalue weighted by Crippen LogP contribution is -2.29. The number of nitrogens with one attached hydrogen (secondary N) is 1. The quantitative estimate of drug-likeness (QED) is 0.797. The van der Waals surface area contributed by atoms with E-state index >= 15 is 0 Å². The zero-order valence-electron chi connectivity index (χ0n) is 8.94. The Morgan fingerprint density at radius 1 is 1.40 bits per heavy atom. The number of carbonyl (C=O) groups excluding carboxylic acids is 1.